The van der Waals surface area contributed by atoms with Crippen LogP contribution in [0.4, 0.5) is 0 Å². The van der Waals surface area contributed by atoms with Crippen LogP contribution in [0.3, 0.4) is 0 Å². The van der Waals surface area contributed by atoms with E-state index in [1.165, 1.54) is 13.0 Å². The van der Waals surface area contributed by atoms with Gasteiger partial charge in [0.15, 0.2) is 0 Å². The molecule has 2 unspecified atom stereocenters. The fourth-order valence-electron chi connectivity index (χ4n) is 1.91. The summed E-state index contributed by atoms with van der Waals surface area (Å²) in [7, 11) is 0. The highest BCUT2D eigenvalue weighted by molar-refractivity contribution is 5.85. The lowest BCUT2D eigenvalue weighted by molar-refractivity contribution is 0.0627. The van der Waals surface area contributed by atoms with Gasteiger partial charge in [0.2, 0.25) is 0 Å². The molecule has 15 heavy (non-hydrogen) atoms. The van der Waals surface area contributed by atoms with Gasteiger partial charge in [0, 0.05) is 19.1 Å². The van der Waals surface area contributed by atoms with Gasteiger partial charge in [-0.3, -0.25) is 0 Å². The largest absolute Gasteiger partial charge is 0.377 e. The first-order chi connectivity index (χ1) is 6.59. The van der Waals surface area contributed by atoms with Crippen molar-refractivity contribution >= 4 is 12.4 Å². The molecule has 0 spiro atoms. The molecule has 1 rings (SSSR count). The van der Waals surface area contributed by atoms with Crippen molar-refractivity contribution in [2.45, 2.75) is 39.3 Å². The van der Waals surface area contributed by atoms with Crippen molar-refractivity contribution in [3.8, 4) is 0 Å². The lowest BCUT2D eigenvalue weighted by Gasteiger charge is -2.18. The summed E-state index contributed by atoms with van der Waals surface area (Å²) in [5.74, 6) is 0.689. The van der Waals surface area contributed by atoms with E-state index in [1.54, 1.807) is 0 Å². The molecular weight excluding hydrogens is 212 g/mol. The highest BCUT2D eigenvalue weighted by atomic mass is 35.5. The van der Waals surface area contributed by atoms with E-state index >= 15 is 0 Å². The van der Waals surface area contributed by atoms with E-state index in [0.29, 0.717) is 18.1 Å². The maximum absolute atomic E-state index is 5.88. The number of hydrogen-bond acceptors (Lipinski definition) is 3. The van der Waals surface area contributed by atoms with Crippen LogP contribution in [0.1, 0.15) is 27.2 Å². The minimum atomic E-state index is 0. The molecule has 0 aromatic heterocycles. The second-order valence-corrected chi connectivity index (χ2v) is 4.63. The van der Waals surface area contributed by atoms with Crippen molar-refractivity contribution in [3.63, 3.8) is 0 Å². The topological polar surface area (TPSA) is 38.5 Å². The Bertz CT molecular complexity index is 165. The van der Waals surface area contributed by atoms with E-state index in [2.05, 4.69) is 25.7 Å². The lowest BCUT2D eigenvalue weighted by Crippen LogP contribution is -2.31. The van der Waals surface area contributed by atoms with Crippen LogP contribution in [-0.4, -0.2) is 43.3 Å². The van der Waals surface area contributed by atoms with Crippen LogP contribution in [0.2, 0.25) is 0 Å². The fourth-order valence-corrected chi connectivity index (χ4v) is 1.91. The van der Waals surface area contributed by atoms with Crippen LogP contribution in [-0.2, 0) is 4.74 Å². The summed E-state index contributed by atoms with van der Waals surface area (Å²) in [5, 5.41) is 0. The van der Waals surface area contributed by atoms with Crippen molar-refractivity contribution in [1.82, 2.24) is 4.90 Å². The fraction of sp³-hybridized carbons (Fsp3) is 1.00. The van der Waals surface area contributed by atoms with Gasteiger partial charge in [-0.15, -0.1) is 12.4 Å². The van der Waals surface area contributed by atoms with Crippen molar-refractivity contribution < 1.29 is 4.74 Å². The molecule has 1 saturated heterocycles. The Hall–Kier alpha value is 0.170. The highest BCUT2D eigenvalue weighted by Gasteiger charge is 2.24. The van der Waals surface area contributed by atoms with Crippen molar-refractivity contribution in [1.29, 1.82) is 0 Å². The third-order valence-corrected chi connectivity index (χ3v) is 2.91. The monoisotopic (exact) mass is 236 g/mol. The first kappa shape index (κ1) is 15.2. The molecule has 0 aromatic rings. The Morgan fingerprint density at radius 1 is 1.40 bits per heavy atom. The molecule has 0 saturated carbocycles. The van der Waals surface area contributed by atoms with Gasteiger partial charge in [-0.1, -0.05) is 0 Å². The van der Waals surface area contributed by atoms with Crippen LogP contribution >= 0.6 is 12.4 Å². The van der Waals surface area contributed by atoms with Gasteiger partial charge in [-0.2, -0.15) is 0 Å². The molecule has 2 N–H and O–H groups in total. The van der Waals surface area contributed by atoms with Gasteiger partial charge >= 0.3 is 0 Å². The van der Waals surface area contributed by atoms with Crippen LogP contribution < -0.4 is 5.73 Å². The van der Waals surface area contributed by atoms with E-state index < -0.39 is 0 Å². The maximum atomic E-state index is 5.88. The summed E-state index contributed by atoms with van der Waals surface area (Å²) in [6, 6.07) is 0.339. The summed E-state index contributed by atoms with van der Waals surface area (Å²) in [5.41, 5.74) is 5.88. The number of nitrogens with two attached hydrogens (primary N) is 1. The Kier molecular flexibility index (Phi) is 7.53. The zero-order valence-electron chi connectivity index (χ0n) is 10.1. The van der Waals surface area contributed by atoms with Gasteiger partial charge in [0.05, 0.1) is 12.7 Å². The zero-order chi connectivity index (χ0) is 10.6. The van der Waals surface area contributed by atoms with Gasteiger partial charge in [0.25, 0.3) is 0 Å². The number of nitrogens with zero attached hydrogens (tertiary/aromatic N) is 1. The molecule has 1 fully saturated rings. The third-order valence-electron chi connectivity index (χ3n) is 2.91. The van der Waals surface area contributed by atoms with E-state index in [4.69, 9.17) is 10.5 Å². The van der Waals surface area contributed by atoms with Crippen molar-refractivity contribution in [2.24, 2.45) is 11.7 Å². The number of hydrogen-bond donors (Lipinski definition) is 1. The predicted octanol–water partition coefficient (Wildman–Crippen LogP) is 1.50. The Balaban J connectivity index is 0.00000196. The SMILES string of the molecule is CC(C)OCCN1CCC(C(C)N)C1.Cl. The van der Waals surface area contributed by atoms with Gasteiger partial charge in [0.1, 0.15) is 0 Å². The Labute approximate surface area is 99.7 Å². The number of halogens is 1. The molecule has 0 radical (unpaired) electrons. The molecule has 1 heterocycles. The second kappa shape index (κ2) is 7.44. The number of rotatable bonds is 5. The average Bonchev–Trinajstić information content (AvgIpc) is 2.52. The first-order valence-electron chi connectivity index (χ1n) is 5.69. The molecule has 0 amide bonds. The predicted molar refractivity (Wildman–Crippen MR) is 66.5 cm³/mol. The molecule has 0 aliphatic carbocycles. The standard InChI is InChI=1S/C11H24N2O.ClH/c1-9(2)14-7-6-13-5-4-11(8-13)10(3)12;/h9-11H,4-8,12H2,1-3H3;1H. The van der Waals surface area contributed by atoms with E-state index in [0.717, 1.165) is 19.7 Å². The smallest absolute Gasteiger partial charge is 0.0596 e. The molecule has 4 heteroatoms. The van der Waals surface area contributed by atoms with Crippen molar-refractivity contribution in [2.75, 3.05) is 26.2 Å². The van der Waals surface area contributed by atoms with Gasteiger partial charge in [-0.05, 0) is 39.7 Å². The maximum Gasteiger partial charge on any atom is 0.0596 e. The number of ether oxygens (including phenoxy) is 1. The summed E-state index contributed by atoms with van der Waals surface area (Å²) >= 11 is 0. The highest BCUT2D eigenvalue weighted by Crippen LogP contribution is 2.17. The Morgan fingerprint density at radius 2 is 2.07 bits per heavy atom. The molecule has 0 bridgehead atoms. The zero-order valence-corrected chi connectivity index (χ0v) is 10.9. The Morgan fingerprint density at radius 3 is 2.53 bits per heavy atom. The van der Waals surface area contributed by atoms with Crippen molar-refractivity contribution in [3.05, 3.63) is 0 Å². The molecule has 1 aliphatic rings. The van der Waals surface area contributed by atoms with E-state index in [9.17, 15) is 0 Å². The van der Waals surface area contributed by atoms with Crippen LogP contribution in [0.5, 0.6) is 0 Å². The summed E-state index contributed by atoms with van der Waals surface area (Å²) in [6.45, 7) is 10.5. The molecule has 92 valence electrons. The molecule has 3 nitrogen and oxygen atoms in total. The third kappa shape index (κ3) is 5.71. The van der Waals surface area contributed by atoms with Crippen LogP contribution in [0, 0.1) is 5.92 Å². The van der Waals surface area contributed by atoms with E-state index in [-0.39, 0.29) is 12.4 Å². The van der Waals surface area contributed by atoms with E-state index in [1.807, 2.05) is 0 Å². The molecule has 1 aliphatic heterocycles. The minimum absolute atomic E-state index is 0. The normalized spacial score (nSPS) is 24.2. The van der Waals surface area contributed by atoms with Gasteiger partial charge < -0.3 is 15.4 Å². The quantitative estimate of drug-likeness (QED) is 0.787. The molecule has 0 aromatic carbocycles. The summed E-state index contributed by atoms with van der Waals surface area (Å²) in [4.78, 5) is 2.45. The second-order valence-electron chi connectivity index (χ2n) is 4.63. The number of likely N-dealkylation sites (tertiary alicyclic amines) is 1. The summed E-state index contributed by atoms with van der Waals surface area (Å²) in [6.07, 6.45) is 1.60. The van der Waals surface area contributed by atoms with Crippen LogP contribution in [0.25, 0.3) is 0 Å². The molecular formula is C11H25ClN2O. The van der Waals surface area contributed by atoms with Crippen LogP contribution in [0.15, 0.2) is 0 Å². The minimum Gasteiger partial charge on any atom is -0.377 e. The van der Waals surface area contributed by atoms with Gasteiger partial charge in [-0.25, -0.2) is 0 Å². The summed E-state index contributed by atoms with van der Waals surface area (Å²) < 4.78 is 5.53. The first-order valence-corrected chi connectivity index (χ1v) is 5.69. The molecule has 2 atom stereocenters. The lowest BCUT2D eigenvalue weighted by atomic mass is 10.0. The average molecular weight is 237 g/mol.